The maximum Gasteiger partial charge on any atom is 0.334 e. The SMILES string of the molecule is Cc1nc(Br)ccc1-n1c(=O)n(CC(=O)O)c2cccc(C)c21. The maximum absolute atomic E-state index is 12.8. The van der Waals surface area contributed by atoms with Gasteiger partial charge in [-0.2, -0.15) is 0 Å². The second-order valence-electron chi connectivity index (χ2n) is 5.28. The molecule has 3 rings (SSSR count). The van der Waals surface area contributed by atoms with Crippen molar-refractivity contribution < 1.29 is 9.90 Å². The number of carbonyl (C=O) groups is 1. The number of nitrogens with zero attached hydrogens (tertiary/aromatic N) is 3. The van der Waals surface area contributed by atoms with Gasteiger partial charge in [0.2, 0.25) is 0 Å². The van der Waals surface area contributed by atoms with E-state index in [1.165, 1.54) is 9.13 Å². The zero-order valence-electron chi connectivity index (χ0n) is 12.6. The van der Waals surface area contributed by atoms with Crippen molar-refractivity contribution in [2.24, 2.45) is 0 Å². The lowest BCUT2D eigenvalue weighted by molar-refractivity contribution is -0.137. The van der Waals surface area contributed by atoms with Crippen LogP contribution >= 0.6 is 15.9 Å². The fourth-order valence-corrected chi connectivity index (χ4v) is 3.14. The number of carboxylic acid groups (broad SMARTS) is 1. The molecule has 23 heavy (non-hydrogen) atoms. The van der Waals surface area contributed by atoms with Crippen LogP contribution in [0.2, 0.25) is 0 Å². The van der Waals surface area contributed by atoms with E-state index in [0.29, 0.717) is 27.0 Å². The van der Waals surface area contributed by atoms with Crippen molar-refractivity contribution in [1.29, 1.82) is 0 Å². The summed E-state index contributed by atoms with van der Waals surface area (Å²) in [5.41, 5.74) is 3.13. The summed E-state index contributed by atoms with van der Waals surface area (Å²) < 4.78 is 3.48. The highest BCUT2D eigenvalue weighted by molar-refractivity contribution is 9.10. The minimum Gasteiger partial charge on any atom is -0.480 e. The number of aromatic nitrogens is 3. The van der Waals surface area contributed by atoms with Crippen LogP contribution in [0.5, 0.6) is 0 Å². The van der Waals surface area contributed by atoms with Crippen LogP contribution in [-0.4, -0.2) is 25.2 Å². The number of para-hydroxylation sites is 1. The van der Waals surface area contributed by atoms with Gasteiger partial charge in [0.25, 0.3) is 0 Å². The van der Waals surface area contributed by atoms with Gasteiger partial charge in [-0.3, -0.25) is 13.9 Å². The molecule has 7 heteroatoms. The third-order valence-corrected chi connectivity index (χ3v) is 4.15. The van der Waals surface area contributed by atoms with E-state index in [9.17, 15) is 9.59 Å². The summed E-state index contributed by atoms with van der Waals surface area (Å²) in [5.74, 6) is -1.06. The average Bonchev–Trinajstić information content (AvgIpc) is 2.74. The lowest BCUT2D eigenvalue weighted by Gasteiger charge is -2.08. The van der Waals surface area contributed by atoms with Gasteiger partial charge in [0.15, 0.2) is 0 Å². The van der Waals surface area contributed by atoms with E-state index in [2.05, 4.69) is 20.9 Å². The number of halogens is 1. The molecule has 2 aromatic heterocycles. The molecule has 1 N–H and O–H groups in total. The molecule has 0 amide bonds. The Bertz CT molecular complexity index is 988. The Kier molecular flexibility index (Phi) is 3.81. The van der Waals surface area contributed by atoms with Gasteiger partial charge in [-0.1, -0.05) is 12.1 Å². The van der Waals surface area contributed by atoms with E-state index < -0.39 is 5.97 Å². The van der Waals surface area contributed by atoms with Crippen molar-refractivity contribution in [3.05, 3.63) is 56.7 Å². The number of hydrogen-bond acceptors (Lipinski definition) is 3. The molecule has 0 atom stereocenters. The molecule has 0 spiro atoms. The summed E-state index contributed by atoms with van der Waals surface area (Å²) in [6.45, 7) is 3.32. The Balaban J connectivity index is 2.43. The molecule has 3 aromatic rings. The Morgan fingerprint density at radius 3 is 2.65 bits per heavy atom. The Hall–Kier alpha value is -2.41. The third kappa shape index (κ3) is 2.57. The highest BCUT2D eigenvalue weighted by Gasteiger charge is 2.19. The molecule has 0 aliphatic heterocycles. The van der Waals surface area contributed by atoms with Gasteiger partial charge in [-0.05, 0) is 53.5 Å². The Labute approximate surface area is 140 Å². The second-order valence-corrected chi connectivity index (χ2v) is 6.09. The van der Waals surface area contributed by atoms with E-state index >= 15 is 0 Å². The highest BCUT2D eigenvalue weighted by Crippen LogP contribution is 2.23. The Morgan fingerprint density at radius 2 is 2.00 bits per heavy atom. The van der Waals surface area contributed by atoms with Crippen molar-refractivity contribution in [2.75, 3.05) is 0 Å². The third-order valence-electron chi connectivity index (χ3n) is 3.71. The minimum atomic E-state index is -1.06. The molecule has 1 aromatic carbocycles. The first-order chi connectivity index (χ1) is 10.9. The van der Waals surface area contributed by atoms with E-state index in [1.807, 2.05) is 26.0 Å². The topological polar surface area (TPSA) is 77.1 Å². The van der Waals surface area contributed by atoms with Crippen LogP contribution in [0.15, 0.2) is 39.7 Å². The zero-order chi connectivity index (χ0) is 16.7. The highest BCUT2D eigenvalue weighted by atomic mass is 79.9. The van der Waals surface area contributed by atoms with Crippen LogP contribution in [0.3, 0.4) is 0 Å². The number of hydrogen-bond donors (Lipinski definition) is 1. The molecule has 0 fully saturated rings. The molecule has 2 heterocycles. The van der Waals surface area contributed by atoms with Gasteiger partial charge in [-0.25, -0.2) is 9.78 Å². The quantitative estimate of drug-likeness (QED) is 0.713. The van der Waals surface area contributed by atoms with Gasteiger partial charge in [0.05, 0.1) is 22.4 Å². The van der Waals surface area contributed by atoms with Gasteiger partial charge in [0, 0.05) is 0 Å². The molecule has 0 aliphatic rings. The first-order valence-electron chi connectivity index (χ1n) is 6.96. The predicted molar refractivity (Wildman–Crippen MR) is 90.1 cm³/mol. The summed E-state index contributed by atoms with van der Waals surface area (Å²) in [6, 6.07) is 9.01. The van der Waals surface area contributed by atoms with Gasteiger partial charge >= 0.3 is 11.7 Å². The van der Waals surface area contributed by atoms with Gasteiger partial charge in [0.1, 0.15) is 11.1 Å². The van der Waals surface area contributed by atoms with Gasteiger partial charge in [-0.15, -0.1) is 0 Å². The second kappa shape index (κ2) is 5.66. The van der Waals surface area contributed by atoms with Crippen LogP contribution in [0.25, 0.3) is 16.7 Å². The van der Waals surface area contributed by atoms with Crippen molar-refractivity contribution in [1.82, 2.24) is 14.1 Å². The molecular formula is C16H14BrN3O3. The van der Waals surface area contributed by atoms with Crippen molar-refractivity contribution in [3.63, 3.8) is 0 Å². The van der Waals surface area contributed by atoms with Crippen LogP contribution in [0, 0.1) is 13.8 Å². The molecule has 0 bridgehead atoms. The largest absolute Gasteiger partial charge is 0.480 e. The molecule has 0 radical (unpaired) electrons. The number of carboxylic acids is 1. The number of pyridine rings is 1. The first-order valence-corrected chi connectivity index (χ1v) is 7.75. The first kappa shape index (κ1) is 15.5. The maximum atomic E-state index is 12.8. The van der Waals surface area contributed by atoms with Crippen molar-refractivity contribution >= 4 is 32.9 Å². The lowest BCUT2D eigenvalue weighted by atomic mass is 10.2. The van der Waals surface area contributed by atoms with E-state index in [4.69, 9.17) is 5.11 Å². The van der Waals surface area contributed by atoms with E-state index in [-0.39, 0.29) is 12.2 Å². The number of aryl methyl sites for hydroxylation is 2. The average molecular weight is 376 g/mol. The smallest absolute Gasteiger partial charge is 0.334 e. The van der Waals surface area contributed by atoms with Crippen LogP contribution in [0.4, 0.5) is 0 Å². The number of rotatable bonds is 3. The number of imidazole rings is 1. The molecule has 0 saturated carbocycles. The molecule has 6 nitrogen and oxygen atoms in total. The normalized spacial score (nSPS) is 11.1. The van der Waals surface area contributed by atoms with E-state index in [1.54, 1.807) is 18.2 Å². The Morgan fingerprint density at radius 1 is 1.26 bits per heavy atom. The van der Waals surface area contributed by atoms with Crippen LogP contribution in [0.1, 0.15) is 11.3 Å². The van der Waals surface area contributed by atoms with Gasteiger partial charge < -0.3 is 5.11 Å². The fraction of sp³-hybridized carbons (Fsp3) is 0.188. The van der Waals surface area contributed by atoms with Crippen LogP contribution < -0.4 is 5.69 Å². The predicted octanol–water partition coefficient (Wildman–Crippen LogP) is 2.65. The molecule has 0 aliphatic carbocycles. The summed E-state index contributed by atoms with van der Waals surface area (Å²) >= 11 is 3.31. The summed E-state index contributed by atoms with van der Waals surface area (Å²) in [6.07, 6.45) is 0. The molecule has 118 valence electrons. The van der Waals surface area contributed by atoms with Crippen LogP contribution in [-0.2, 0) is 11.3 Å². The number of aliphatic carboxylic acids is 1. The standard InChI is InChI=1S/C16H14BrN3O3/c1-9-4-3-5-12-15(9)20(16(23)19(12)8-14(21)22)11-6-7-13(17)18-10(11)2/h3-7H,8H2,1-2H3,(H,21,22). The van der Waals surface area contributed by atoms with Crippen molar-refractivity contribution in [3.8, 4) is 5.69 Å². The van der Waals surface area contributed by atoms with E-state index in [0.717, 1.165) is 5.56 Å². The summed E-state index contributed by atoms with van der Waals surface area (Å²) in [7, 11) is 0. The minimum absolute atomic E-state index is 0.380. The molecule has 0 saturated heterocycles. The van der Waals surface area contributed by atoms with Crippen molar-refractivity contribution in [2.45, 2.75) is 20.4 Å². The molecular weight excluding hydrogens is 362 g/mol. The zero-order valence-corrected chi connectivity index (χ0v) is 14.2. The monoisotopic (exact) mass is 375 g/mol. The fourth-order valence-electron chi connectivity index (χ4n) is 2.74. The molecule has 0 unspecified atom stereocenters. The summed E-state index contributed by atoms with van der Waals surface area (Å²) in [4.78, 5) is 28.3. The lowest BCUT2D eigenvalue weighted by Crippen LogP contribution is -2.26. The number of benzene rings is 1. The summed E-state index contributed by atoms with van der Waals surface area (Å²) in [5, 5.41) is 9.10. The number of fused-ring (bicyclic) bond motifs is 1.